The molecule has 0 amide bonds. The SMILES string of the molecule is Oc1oc(-c2ccccc2)nc1C=Nc1ccccc1I. The molecule has 0 aliphatic heterocycles. The molecular weight excluding hydrogens is 379 g/mol. The van der Waals surface area contributed by atoms with E-state index < -0.39 is 0 Å². The van der Waals surface area contributed by atoms with Crippen LogP contribution in [0.3, 0.4) is 0 Å². The van der Waals surface area contributed by atoms with Crippen LogP contribution in [0.2, 0.25) is 0 Å². The van der Waals surface area contributed by atoms with E-state index >= 15 is 0 Å². The third kappa shape index (κ3) is 3.13. The second-order valence-electron chi connectivity index (χ2n) is 4.29. The van der Waals surface area contributed by atoms with E-state index in [2.05, 4.69) is 32.6 Å². The van der Waals surface area contributed by atoms with Gasteiger partial charge in [-0.2, -0.15) is 0 Å². The fraction of sp³-hybridized carbons (Fsp3) is 0. The van der Waals surface area contributed by atoms with Crippen molar-refractivity contribution in [3.05, 3.63) is 63.9 Å². The van der Waals surface area contributed by atoms with E-state index in [-0.39, 0.29) is 5.95 Å². The third-order valence-electron chi connectivity index (χ3n) is 2.83. The predicted molar refractivity (Wildman–Crippen MR) is 90.0 cm³/mol. The number of aliphatic imine (C=N–C) groups is 1. The lowest BCUT2D eigenvalue weighted by Gasteiger charge is -1.95. The monoisotopic (exact) mass is 390 g/mol. The first-order valence-electron chi connectivity index (χ1n) is 6.28. The highest BCUT2D eigenvalue weighted by molar-refractivity contribution is 14.1. The van der Waals surface area contributed by atoms with Gasteiger partial charge in [-0.25, -0.2) is 4.98 Å². The summed E-state index contributed by atoms with van der Waals surface area (Å²) < 4.78 is 6.30. The number of aromatic nitrogens is 1. The molecule has 0 fully saturated rings. The highest BCUT2D eigenvalue weighted by Gasteiger charge is 2.11. The van der Waals surface area contributed by atoms with E-state index in [1.807, 2.05) is 54.6 Å². The Morgan fingerprint density at radius 2 is 1.76 bits per heavy atom. The van der Waals surface area contributed by atoms with E-state index in [9.17, 15) is 5.11 Å². The normalized spacial score (nSPS) is 11.1. The summed E-state index contributed by atoms with van der Waals surface area (Å²) in [5.74, 6) is 0.140. The molecule has 0 atom stereocenters. The van der Waals surface area contributed by atoms with Crippen LogP contribution in [0.25, 0.3) is 11.5 Å². The number of halogens is 1. The first-order chi connectivity index (χ1) is 10.2. The van der Waals surface area contributed by atoms with Crippen LogP contribution in [0.1, 0.15) is 5.69 Å². The Morgan fingerprint density at radius 1 is 1.05 bits per heavy atom. The van der Waals surface area contributed by atoms with Crippen molar-refractivity contribution in [3.63, 3.8) is 0 Å². The van der Waals surface area contributed by atoms with Crippen molar-refractivity contribution < 1.29 is 9.52 Å². The Bertz CT molecular complexity index is 782. The Balaban J connectivity index is 1.91. The molecule has 3 rings (SSSR count). The number of aromatic hydroxyl groups is 1. The summed E-state index contributed by atoms with van der Waals surface area (Å²) >= 11 is 2.21. The number of benzene rings is 2. The summed E-state index contributed by atoms with van der Waals surface area (Å²) in [7, 11) is 0. The maximum atomic E-state index is 9.82. The minimum atomic E-state index is -0.233. The molecular formula is C16H11IN2O2. The van der Waals surface area contributed by atoms with Crippen molar-refractivity contribution in [2.45, 2.75) is 0 Å². The van der Waals surface area contributed by atoms with E-state index in [0.717, 1.165) is 14.8 Å². The molecule has 0 saturated carbocycles. The zero-order valence-corrected chi connectivity index (χ0v) is 13.1. The molecule has 0 unspecified atom stereocenters. The molecule has 0 saturated heterocycles. The first kappa shape index (κ1) is 13.8. The Kier molecular flexibility index (Phi) is 4.01. The van der Waals surface area contributed by atoms with Crippen LogP contribution >= 0.6 is 22.6 Å². The van der Waals surface area contributed by atoms with Gasteiger partial charge in [0.15, 0.2) is 5.69 Å². The van der Waals surface area contributed by atoms with Gasteiger partial charge < -0.3 is 9.52 Å². The fourth-order valence-electron chi connectivity index (χ4n) is 1.80. The molecule has 4 nitrogen and oxygen atoms in total. The highest BCUT2D eigenvalue weighted by Crippen LogP contribution is 2.26. The topological polar surface area (TPSA) is 58.6 Å². The Hall–Kier alpha value is -2.15. The van der Waals surface area contributed by atoms with Gasteiger partial charge in [0, 0.05) is 9.13 Å². The van der Waals surface area contributed by atoms with Gasteiger partial charge in [-0.05, 0) is 46.9 Å². The molecule has 104 valence electrons. The zero-order valence-electron chi connectivity index (χ0n) is 10.9. The lowest BCUT2D eigenvalue weighted by atomic mass is 10.2. The van der Waals surface area contributed by atoms with Gasteiger partial charge in [-0.15, -0.1) is 0 Å². The van der Waals surface area contributed by atoms with Gasteiger partial charge in [-0.3, -0.25) is 4.99 Å². The minimum Gasteiger partial charge on any atom is -0.479 e. The molecule has 0 spiro atoms. The van der Waals surface area contributed by atoms with Crippen molar-refractivity contribution in [2.75, 3.05) is 0 Å². The molecule has 1 N–H and O–H groups in total. The fourth-order valence-corrected chi connectivity index (χ4v) is 2.33. The smallest absolute Gasteiger partial charge is 0.312 e. The molecule has 2 aromatic carbocycles. The van der Waals surface area contributed by atoms with E-state index in [4.69, 9.17) is 4.42 Å². The van der Waals surface area contributed by atoms with E-state index in [1.165, 1.54) is 6.21 Å². The zero-order chi connectivity index (χ0) is 14.7. The van der Waals surface area contributed by atoms with Gasteiger partial charge in [0.05, 0.1) is 11.9 Å². The maximum absolute atomic E-state index is 9.82. The van der Waals surface area contributed by atoms with Gasteiger partial charge >= 0.3 is 5.95 Å². The maximum Gasteiger partial charge on any atom is 0.312 e. The Morgan fingerprint density at radius 3 is 2.52 bits per heavy atom. The van der Waals surface area contributed by atoms with Crippen molar-refractivity contribution in [3.8, 4) is 17.4 Å². The number of rotatable bonds is 3. The van der Waals surface area contributed by atoms with Crippen LogP contribution in [-0.4, -0.2) is 16.3 Å². The summed E-state index contributed by atoms with van der Waals surface area (Å²) in [5.41, 5.74) is 1.94. The van der Waals surface area contributed by atoms with Gasteiger partial charge in [0.2, 0.25) is 5.89 Å². The minimum absolute atomic E-state index is 0.233. The molecule has 1 aromatic heterocycles. The molecule has 21 heavy (non-hydrogen) atoms. The lowest BCUT2D eigenvalue weighted by Crippen LogP contribution is -1.83. The van der Waals surface area contributed by atoms with Crippen LogP contribution in [0, 0.1) is 3.57 Å². The van der Waals surface area contributed by atoms with Crippen molar-refractivity contribution in [2.24, 2.45) is 4.99 Å². The second kappa shape index (κ2) is 6.09. The van der Waals surface area contributed by atoms with Gasteiger partial charge in [0.1, 0.15) is 0 Å². The molecule has 5 heteroatoms. The second-order valence-corrected chi connectivity index (χ2v) is 5.45. The largest absolute Gasteiger partial charge is 0.479 e. The number of hydrogen-bond acceptors (Lipinski definition) is 4. The summed E-state index contributed by atoms with van der Waals surface area (Å²) in [5, 5.41) is 9.82. The summed E-state index contributed by atoms with van der Waals surface area (Å²) in [6.07, 6.45) is 1.50. The van der Waals surface area contributed by atoms with Crippen molar-refractivity contribution in [1.82, 2.24) is 4.98 Å². The molecule has 1 heterocycles. The summed E-state index contributed by atoms with van der Waals surface area (Å²) in [6, 6.07) is 17.1. The molecule has 0 bridgehead atoms. The molecule has 0 radical (unpaired) electrons. The average Bonchev–Trinajstić information content (AvgIpc) is 2.89. The third-order valence-corrected chi connectivity index (χ3v) is 3.75. The molecule has 0 aliphatic carbocycles. The summed E-state index contributed by atoms with van der Waals surface area (Å²) in [6.45, 7) is 0. The number of para-hydroxylation sites is 1. The van der Waals surface area contributed by atoms with E-state index in [0.29, 0.717) is 11.6 Å². The number of nitrogens with zero attached hydrogens (tertiary/aromatic N) is 2. The van der Waals surface area contributed by atoms with Crippen molar-refractivity contribution >= 4 is 34.5 Å². The lowest BCUT2D eigenvalue weighted by molar-refractivity contribution is 0.337. The van der Waals surface area contributed by atoms with Crippen LogP contribution in [-0.2, 0) is 0 Å². The predicted octanol–water partition coefficient (Wildman–Crippen LogP) is 4.40. The van der Waals surface area contributed by atoms with E-state index in [1.54, 1.807) is 0 Å². The summed E-state index contributed by atoms with van der Waals surface area (Å²) in [4.78, 5) is 8.59. The Labute approximate surface area is 135 Å². The first-order valence-corrected chi connectivity index (χ1v) is 7.36. The van der Waals surface area contributed by atoms with Crippen LogP contribution in [0.4, 0.5) is 5.69 Å². The standard InChI is InChI=1S/C16H11IN2O2/c17-12-8-4-5-9-13(12)18-10-14-16(20)21-15(19-14)11-6-2-1-3-7-11/h1-10,20H. The number of hydrogen-bond donors (Lipinski definition) is 1. The average molecular weight is 390 g/mol. The molecule has 0 aliphatic rings. The van der Waals surface area contributed by atoms with Crippen LogP contribution in [0.5, 0.6) is 5.95 Å². The highest BCUT2D eigenvalue weighted by atomic mass is 127. The van der Waals surface area contributed by atoms with Crippen LogP contribution < -0.4 is 0 Å². The quantitative estimate of drug-likeness (QED) is 0.533. The molecule has 3 aromatic rings. The van der Waals surface area contributed by atoms with Crippen LogP contribution in [0.15, 0.2) is 64.0 Å². The van der Waals surface area contributed by atoms with Gasteiger partial charge in [-0.1, -0.05) is 30.3 Å². The van der Waals surface area contributed by atoms with Gasteiger partial charge in [0.25, 0.3) is 0 Å². The van der Waals surface area contributed by atoms with Crippen molar-refractivity contribution in [1.29, 1.82) is 0 Å². The number of oxazole rings is 1.